The molecule has 0 heterocycles. The summed E-state index contributed by atoms with van der Waals surface area (Å²) in [7, 11) is 0. The summed E-state index contributed by atoms with van der Waals surface area (Å²) in [6.07, 6.45) is 0. The lowest BCUT2D eigenvalue weighted by Gasteiger charge is -2.01. The van der Waals surface area contributed by atoms with E-state index in [1.54, 1.807) is 0 Å². The molecule has 0 radical (unpaired) electrons. The molecule has 2 nitrogen and oxygen atoms in total. The number of halogens is 1. The average molecular weight is 175 g/mol. The van der Waals surface area contributed by atoms with Crippen LogP contribution < -0.4 is 4.74 Å². The van der Waals surface area contributed by atoms with E-state index < -0.39 is 0 Å². The van der Waals surface area contributed by atoms with Crippen LogP contribution in [0.2, 0.25) is 0 Å². The fraction of sp³-hybridized carbons (Fsp3) is 0.250. The van der Waals surface area contributed by atoms with Crippen LogP contribution in [-0.2, 0) is 0 Å². The maximum atomic E-state index is 8.40. The standard InChI is InChI=1S/C8H10O2.ClH/c9-6-7-10-8-4-2-1-3-5-8;/h1-5,9H,6-7H2;1H. The lowest BCUT2D eigenvalue weighted by molar-refractivity contribution is 0.201. The van der Waals surface area contributed by atoms with Crippen molar-refractivity contribution in [1.82, 2.24) is 0 Å². The highest BCUT2D eigenvalue weighted by Crippen LogP contribution is 2.06. The molecule has 0 unspecified atom stereocenters. The molecule has 0 bridgehead atoms. The quantitative estimate of drug-likeness (QED) is 0.752. The van der Waals surface area contributed by atoms with Crippen molar-refractivity contribution in [1.29, 1.82) is 0 Å². The van der Waals surface area contributed by atoms with Gasteiger partial charge in [-0.3, -0.25) is 0 Å². The van der Waals surface area contributed by atoms with Crippen molar-refractivity contribution in [2.24, 2.45) is 0 Å². The van der Waals surface area contributed by atoms with E-state index in [2.05, 4.69) is 0 Å². The van der Waals surface area contributed by atoms with Gasteiger partial charge in [0, 0.05) is 0 Å². The minimum absolute atomic E-state index is 0. The number of aliphatic hydroxyl groups excluding tert-OH is 1. The molecular formula is C8H11ClO2. The third-order valence-corrected chi connectivity index (χ3v) is 1.10. The molecule has 0 aliphatic carbocycles. The van der Waals surface area contributed by atoms with Crippen LogP contribution >= 0.6 is 12.4 Å². The van der Waals surface area contributed by atoms with Crippen molar-refractivity contribution in [3.8, 4) is 5.75 Å². The summed E-state index contributed by atoms with van der Waals surface area (Å²) in [5.74, 6) is 0.802. The topological polar surface area (TPSA) is 29.5 Å². The first-order valence-corrected chi connectivity index (χ1v) is 3.22. The molecule has 3 heteroatoms. The second-order valence-corrected chi connectivity index (χ2v) is 1.89. The van der Waals surface area contributed by atoms with Gasteiger partial charge in [0.2, 0.25) is 0 Å². The Morgan fingerprint density at radius 1 is 1.18 bits per heavy atom. The first kappa shape index (κ1) is 10.3. The molecule has 1 aromatic rings. The molecule has 0 fully saturated rings. The highest BCUT2D eigenvalue weighted by molar-refractivity contribution is 5.85. The maximum Gasteiger partial charge on any atom is 0.119 e. The fourth-order valence-corrected chi connectivity index (χ4v) is 0.680. The molecule has 0 amide bonds. The molecule has 11 heavy (non-hydrogen) atoms. The van der Waals surface area contributed by atoms with Gasteiger partial charge in [0.05, 0.1) is 6.61 Å². The monoisotopic (exact) mass is 174 g/mol. The number of para-hydroxylation sites is 1. The molecule has 0 aliphatic heterocycles. The second-order valence-electron chi connectivity index (χ2n) is 1.89. The Bertz CT molecular complexity index is 177. The molecule has 0 saturated heterocycles. The third kappa shape index (κ3) is 3.86. The number of benzene rings is 1. The summed E-state index contributed by atoms with van der Waals surface area (Å²) >= 11 is 0. The third-order valence-electron chi connectivity index (χ3n) is 1.10. The van der Waals surface area contributed by atoms with Crippen LogP contribution in [0.5, 0.6) is 5.75 Å². The molecule has 0 aromatic heterocycles. The van der Waals surface area contributed by atoms with Gasteiger partial charge in [-0.1, -0.05) is 18.2 Å². The van der Waals surface area contributed by atoms with Crippen molar-refractivity contribution in [2.75, 3.05) is 13.2 Å². The minimum Gasteiger partial charge on any atom is -0.491 e. The highest BCUT2D eigenvalue weighted by Gasteiger charge is 1.86. The molecule has 1 N–H and O–H groups in total. The van der Waals surface area contributed by atoms with Gasteiger partial charge in [-0.2, -0.15) is 0 Å². The van der Waals surface area contributed by atoms with Crippen LogP contribution in [0, 0.1) is 0 Å². The number of aliphatic hydroxyl groups is 1. The van der Waals surface area contributed by atoms with E-state index in [1.165, 1.54) is 0 Å². The molecule has 0 atom stereocenters. The summed E-state index contributed by atoms with van der Waals surface area (Å²) in [5, 5.41) is 8.40. The van der Waals surface area contributed by atoms with E-state index in [0.29, 0.717) is 6.61 Å². The number of hydrogen-bond acceptors (Lipinski definition) is 2. The van der Waals surface area contributed by atoms with Crippen molar-refractivity contribution < 1.29 is 9.84 Å². The summed E-state index contributed by atoms with van der Waals surface area (Å²) in [4.78, 5) is 0. The number of rotatable bonds is 3. The second kappa shape index (κ2) is 6.01. The Morgan fingerprint density at radius 2 is 1.82 bits per heavy atom. The van der Waals surface area contributed by atoms with Gasteiger partial charge < -0.3 is 9.84 Å². The number of ether oxygens (including phenoxy) is 1. The van der Waals surface area contributed by atoms with E-state index in [-0.39, 0.29) is 19.0 Å². The zero-order valence-corrected chi connectivity index (χ0v) is 6.88. The van der Waals surface area contributed by atoms with Crippen molar-refractivity contribution in [3.05, 3.63) is 30.3 Å². The number of hydrogen-bond donors (Lipinski definition) is 1. The Labute approximate surface area is 72.2 Å². The maximum absolute atomic E-state index is 8.40. The van der Waals surface area contributed by atoms with Crippen LogP contribution in [0.1, 0.15) is 0 Å². The summed E-state index contributed by atoms with van der Waals surface area (Å²) in [6.45, 7) is 0.429. The lowest BCUT2D eigenvalue weighted by atomic mass is 10.3. The first-order valence-electron chi connectivity index (χ1n) is 3.22. The van der Waals surface area contributed by atoms with Gasteiger partial charge >= 0.3 is 0 Å². The Balaban J connectivity index is 0.000001000. The lowest BCUT2D eigenvalue weighted by Crippen LogP contribution is -2.00. The molecule has 0 spiro atoms. The first-order chi connectivity index (χ1) is 4.93. The highest BCUT2D eigenvalue weighted by atomic mass is 35.5. The fourth-order valence-electron chi connectivity index (χ4n) is 0.680. The zero-order chi connectivity index (χ0) is 7.23. The molecule has 0 saturated carbocycles. The largest absolute Gasteiger partial charge is 0.491 e. The summed E-state index contributed by atoms with van der Waals surface area (Å²) in [6, 6.07) is 9.43. The summed E-state index contributed by atoms with van der Waals surface area (Å²) in [5.41, 5.74) is 0. The van der Waals surface area contributed by atoms with Gasteiger partial charge in [0.1, 0.15) is 12.4 Å². The van der Waals surface area contributed by atoms with E-state index in [4.69, 9.17) is 9.84 Å². The van der Waals surface area contributed by atoms with Crippen LogP contribution in [0.3, 0.4) is 0 Å². The normalized spacial score (nSPS) is 8.45. The van der Waals surface area contributed by atoms with E-state index >= 15 is 0 Å². The minimum atomic E-state index is 0. The predicted molar refractivity (Wildman–Crippen MR) is 46.3 cm³/mol. The molecule has 1 rings (SSSR count). The van der Waals surface area contributed by atoms with Crippen LogP contribution in [-0.4, -0.2) is 18.3 Å². The molecular weight excluding hydrogens is 164 g/mol. The van der Waals surface area contributed by atoms with Gasteiger partial charge in [0.25, 0.3) is 0 Å². The van der Waals surface area contributed by atoms with Gasteiger partial charge in [-0.25, -0.2) is 0 Å². The SMILES string of the molecule is Cl.OCCOc1ccccc1. The van der Waals surface area contributed by atoms with Gasteiger partial charge in [-0.15, -0.1) is 12.4 Å². The molecule has 1 aromatic carbocycles. The van der Waals surface area contributed by atoms with Gasteiger partial charge in [0.15, 0.2) is 0 Å². The van der Waals surface area contributed by atoms with Crippen LogP contribution in [0.4, 0.5) is 0 Å². The predicted octanol–water partition coefficient (Wildman–Crippen LogP) is 1.48. The zero-order valence-electron chi connectivity index (χ0n) is 6.06. The van der Waals surface area contributed by atoms with E-state index in [1.807, 2.05) is 30.3 Å². The van der Waals surface area contributed by atoms with Gasteiger partial charge in [-0.05, 0) is 12.1 Å². The Kier molecular flexibility index (Phi) is 5.61. The smallest absolute Gasteiger partial charge is 0.119 e. The van der Waals surface area contributed by atoms with Crippen LogP contribution in [0.15, 0.2) is 30.3 Å². The van der Waals surface area contributed by atoms with Crippen molar-refractivity contribution in [2.45, 2.75) is 0 Å². The average Bonchev–Trinajstić information content (AvgIpc) is 2.03. The van der Waals surface area contributed by atoms with Crippen molar-refractivity contribution >= 4 is 12.4 Å². The van der Waals surface area contributed by atoms with E-state index in [9.17, 15) is 0 Å². The molecule has 62 valence electrons. The summed E-state index contributed by atoms with van der Waals surface area (Å²) < 4.78 is 5.11. The Hall–Kier alpha value is -0.730. The molecule has 0 aliphatic rings. The van der Waals surface area contributed by atoms with E-state index in [0.717, 1.165) is 5.75 Å². The Morgan fingerprint density at radius 3 is 2.36 bits per heavy atom. The van der Waals surface area contributed by atoms with Crippen LogP contribution in [0.25, 0.3) is 0 Å². The van der Waals surface area contributed by atoms with Crippen molar-refractivity contribution in [3.63, 3.8) is 0 Å².